The molecule has 0 amide bonds. The molecule has 0 saturated heterocycles. The van der Waals surface area contributed by atoms with Crippen molar-refractivity contribution in [2.45, 2.75) is 30.8 Å². The average Bonchev–Trinajstić information content (AvgIpc) is 2.38. The van der Waals surface area contributed by atoms with E-state index in [4.69, 9.17) is 17.3 Å². The Balaban J connectivity index is 2.14. The summed E-state index contributed by atoms with van der Waals surface area (Å²) in [5.74, 6) is 0. The number of nitrogens with zero attached hydrogens (tertiary/aromatic N) is 2. The number of rotatable bonds is 6. The molecule has 0 bridgehead atoms. The molecule has 21 heavy (non-hydrogen) atoms. The number of halogens is 2. The molecule has 1 aliphatic rings. The first-order chi connectivity index (χ1) is 9.89. The van der Waals surface area contributed by atoms with Crippen molar-refractivity contribution >= 4 is 27.5 Å². The van der Waals surface area contributed by atoms with Crippen LogP contribution < -0.4 is 5.73 Å². The minimum Gasteiger partial charge on any atom is -0.329 e. The number of likely N-dealkylation sites (N-methyl/N-ethyl adjacent to an activating group) is 2. The average molecular weight is 375 g/mol. The molecule has 0 aromatic heterocycles. The molecule has 0 aliphatic heterocycles. The molecule has 5 heteroatoms. The molecule has 1 aromatic rings. The van der Waals surface area contributed by atoms with Gasteiger partial charge in [-0.3, -0.25) is 4.90 Å². The van der Waals surface area contributed by atoms with Crippen molar-refractivity contribution in [2.75, 3.05) is 34.2 Å². The molecule has 1 atom stereocenters. The smallest absolute Gasteiger partial charge is 0.0551 e. The fourth-order valence-corrected chi connectivity index (χ4v) is 3.63. The maximum Gasteiger partial charge on any atom is 0.0551 e. The summed E-state index contributed by atoms with van der Waals surface area (Å²) in [5, 5.41) is 0.741. The Hall–Kier alpha value is -0.130. The van der Waals surface area contributed by atoms with E-state index in [1.165, 1.54) is 24.8 Å². The molecule has 1 fully saturated rings. The zero-order valence-corrected chi connectivity index (χ0v) is 15.4. The lowest BCUT2D eigenvalue weighted by Gasteiger charge is -2.50. The third kappa shape index (κ3) is 3.62. The van der Waals surface area contributed by atoms with Gasteiger partial charge in [0.05, 0.1) is 5.02 Å². The van der Waals surface area contributed by atoms with E-state index in [0.717, 1.165) is 16.0 Å². The van der Waals surface area contributed by atoms with Crippen molar-refractivity contribution in [3.8, 4) is 0 Å². The molecule has 1 unspecified atom stereocenters. The van der Waals surface area contributed by atoms with E-state index in [-0.39, 0.29) is 6.04 Å². The normalized spacial score (nSPS) is 18.9. The lowest BCUT2D eigenvalue weighted by Crippen LogP contribution is -2.57. The maximum atomic E-state index is 6.23. The van der Waals surface area contributed by atoms with E-state index in [1.54, 1.807) is 0 Å². The molecule has 0 heterocycles. The third-order valence-electron chi connectivity index (χ3n) is 4.86. The molecule has 1 aliphatic carbocycles. The van der Waals surface area contributed by atoms with Crippen LogP contribution in [0.4, 0.5) is 0 Å². The van der Waals surface area contributed by atoms with Crippen LogP contribution in [0.15, 0.2) is 22.7 Å². The predicted octanol–water partition coefficient (Wildman–Crippen LogP) is 3.52. The SMILES string of the molecule is CN(CC1(N(C)C)CCC1)C(CN)c1ccc(Br)c(Cl)c1. The van der Waals surface area contributed by atoms with Crippen molar-refractivity contribution in [2.24, 2.45) is 5.73 Å². The Labute approximate surface area is 141 Å². The molecule has 1 saturated carbocycles. The van der Waals surface area contributed by atoms with Gasteiger partial charge in [0.15, 0.2) is 0 Å². The van der Waals surface area contributed by atoms with Gasteiger partial charge < -0.3 is 10.6 Å². The molecule has 1 aromatic carbocycles. The van der Waals surface area contributed by atoms with Gasteiger partial charge in [-0.25, -0.2) is 0 Å². The molecular formula is C16H25BrClN3. The van der Waals surface area contributed by atoms with Crippen molar-refractivity contribution in [1.29, 1.82) is 0 Å². The standard InChI is InChI=1S/C16H25BrClN3/c1-20(2)16(7-4-8-16)11-21(3)15(10-19)12-5-6-13(17)14(18)9-12/h5-6,9,15H,4,7-8,10-11,19H2,1-3H3. The van der Waals surface area contributed by atoms with Gasteiger partial charge in [0, 0.05) is 29.1 Å². The van der Waals surface area contributed by atoms with Crippen LogP contribution in [0.1, 0.15) is 30.9 Å². The molecule has 2 rings (SSSR count). The maximum absolute atomic E-state index is 6.23. The second kappa shape index (κ2) is 6.97. The fraction of sp³-hybridized carbons (Fsp3) is 0.625. The highest BCUT2D eigenvalue weighted by atomic mass is 79.9. The van der Waals surface area contributed by atoms with E-state index in [2.05, 4.69) is 52.9 Å². The quantitative estimate of drug-likeness (QED) is 0.827. The summed E-state index contributed by atoms with van der Waals surface area (Å²) >= 11 is 9.67. The van der Waals surface area contributed by atoms with Gasteiger partial charge in [0.1, 0.15) is 0 Å². The van der Waals surface area contributed by atoms with Crippen molar-refractivity contribution in [3.05, 3.63) is 33.3 Å². The van der Waals surface area contributed by atoms with Gasteiger partial charge in [-0.2, -0.15) is 0 Å². The fourth-order valence-electron chi connectivity index (χ4n) is 3.20. The molecule has 0 radical (unpaired) electrons. The summed E-state index contributed by atoms with van der Waals surface area (Å²) in [5.41, 5.74) is 7.53. The minimum absolute atomic E-state index is 0.202. The number of nitrogens with two attached hydrogens (primary N) is 1. The highest BCUT2D eigenvalue weighted by Crippen LogP contribution is 2.38. The summed E-state index contributed by atoms with van der Waals surface area (Å²) < 4.78 is 0.926. The Morgan fingerprint density at radius 1 is 1.33 bits per heavy atom. The predicted molar refractivity (Wildman–Crippen MR) is 93.8 cm³/mol. The zero-order chi connectivity index (χ0) is 15.6. The lowest BCUT2D eigenvalue weighted by atomic mass is 9.75. The van der Waals surface area contributed by atoms with Gasteiger partial charge in [-0.1, -0.05) is 17.7 Å². The van der Waals surface area contributed by atoms with E-state index in [0.29, 0.717) is 12.1 Å². The number of hydrogen-bond donors (Lipinski definition) is 1. The van der Waals surface area contributed by atoms with Crippen LogP contribution in [-0.2, 0) is 0 Å². The van der Waals surface area contributed by atoms with Gasteiger partial charge in [0.2, 0.25) is 0 Å². The minimum atomic E-state index is 0.202. The van der Waals surface area contributed by atoms with Gasteiger partial charge in [-0.15, -0.1) is 0 Å². The first-order valence-electron chi connectivity index (χ1n) is 7.42. The topological polar surface area (TPSA) is 32.5 Å². The molecular weight excluding hydrogens is 350 g/mol. The van der Waals surface area contributed by atoms with E-state index >= 15 is 0 Å². The van der Waals surface area contributed by atoms with Crippen molar-refractivity contribution in [3.63, 3.8) is 0 Å². The molecule has 0 spiro atoms. The second-order valence-corrected chi connectivity index (χ2v) is 7.57. The van der Waals surface area contributed by atoms with E-state index in [9.17, 15) is 0 Å². The summed E-state index contributed by atoms with van der Waals surface area (Å²) in [6.45, 7) is 1.63. The van der Waals surface area contributed by atoms with Gasteiger partial charge in [-0.05, 0) is 74.0 Å². The highest BCUT2D eigenvalue weighted by Gasteiger charge is 2.40. The first-order valence-corrected chi connectivity index (χ1v) is 8.59. The Morgan fingerprint density at radius 2 is 2.00 bits per heavy atom. The lowest BCUT2D eigenvalue weighted by molar-refractivity contribution is 0.0168. The van der Waals surface area contributed by atoms with Crippen molar-refractivity contribution < 1.29 is 0 Å². The monoisotopic (exact) mass is 373 g/mol. The third-order valence-corrected chi connectivity index (χ3v) is 6.09. The zero-order valence-electron chi connectivity index (χ0n) is 13.1. The van der Waals surface area contributed by atoms with E-state index in [1.807, 2.05) is 12.1 Å². The van der Waals surface area contributed by atoms with Gasteiger partial charge >= 0.3 is 0 Å². The van der Waals surface area contributed by atoms with Crippen LogP contribution in [0.5, 0.6) is 0 Å². The Kier molecular flexibility index (Phi) is 5.71. The number of hydrogen-bond acceptors (Lipinski definition) is 3. The molecule has 3 nitrogen and oxygen atoms in total. The molecule has 2 N–H and O–H groups in total. The number of benzene rings is 1. The largest absolute Gasteiger partial charge is 0.329 e. The summed E-state index contributed by atoms with van der Waals surface area (Å²) in [6.07, 6.45) is 3.86. The van der Waals surface area contributed by atoms with Crippen molar-refractivity contribution in [1.82, 2.24) is 9.80 Å². The van der Waals surface area contributed by atoms with Crippen LogP contribution in [0.3, 0.4) is 0 Å². The Morgan fingerprint density at radius 3 is 2.43 bits per heavy atom. The Bertz CT molecular complexity index is 488. The van der Waals surface area contributed by atoms with Crippen LogP contribution in [-0.4, -0.2) is 49.6 Å². The van der Waals surface area contributed by atoms with Gasteiger partial charge in [0.25, 0.3) is 0 Å². The molecule has 118 valence electrons. The van der Waals surface area contributed by atoms with Crippen LogP contribution in [0.2, 0.25) is 5.02 Å². The summed E-state index contributed by atoms with van der Waals surface area (Å²) in [6, 6.07) is 6.32. The van der Waals surface area contributed by atoms with Crippen LogP contribution in [0, 0.1) is 0 Å². The first kappa shape index (κ1) is 17.2. The van der Waals surface area contributed by atoms with E-state index < -0.39 is 0 Å². The second-order valence-electron chi connectivity index (χ2n) is 6.31. The summed E-state index contributed by atoms with van der Waals surface area (Å²) in [7, 11) is 6.53. The summed E-state index contributed by atoms with van der Waals surface area (Å²) in [4.78, 5) is 4.74. The van der Waals surface area contributed by atoms with Crippen LogP contribution >= 0.6 is 27.5 Å². The highest BCUT2D eigenvalue weighted by molar-refractivity contribution is 9.10. The van der Waals surface area contributed by atoms with Crippen LogP contribution in [0.25, 0.3) is 0 Å².